The van der Waals surface area contributed by atoms with Crippen molar-refractivity contribution in [3.05, 3.63) is 48.2 Å². The van der Waals surface area contributed by atoms with E-state index in [0.29, 0.717) is 0 Å². The van der Waals surface area contributed by atoms with Gasteiger partial charge in [0.1, 0.15) is 11.5 Å². The molecule has 102 valence electrons. The van der Waals surface area contributed by atoms with Crippen LogP contribution in [-0.2, 0) is 6.42 Å². The number of hydrogen-bond acceptors (Lipinski definition) is 4. The van der Waals surface area contributed by atoms with E-state index < -0.39 is 0 Å². The largest absolute Gasteiger partial charge is 0.495 e. The van der Waals surface area contributed by atoms with Crippen molar-refractivity contribution < 1.29 is 9.15 Å². The van der Waals surface area contributed by atoms with Gasteiger partial charge in [0.25, 0.3) is 0 Å². The predicted octanol–water partition coefficient (Wildman–Crippen LogP) is 2.97. The average molecular weight is 260 g/mol. The van der Waals surface area contributed by atoms with E-state index in [1.807, 2.05) is 18.2 Å². The minimum Gasteiger partial charge on any atom is -0.495 e. The van der Waals surface area contributed by atoms with Crippen LogP contribution in [0.3, 0.4) is 0 Å². The van der Waals surface area contributed by atoms with Crippen LogP contribution in [-0.4, -0.2) is 18.6 Å². The number of ether oxygens (including phenoxy) is 1. The summed E-state index contributed by atoms with van der Waals surface area (Å²) in [6.45, 7) is 3.11. The molecular weight excluding hydrogens is 240 g/mol. The fraction of sp³-hybridized carbons (Fsp3) is 0.400. The molecule has 0 radical (unpaired) electrons. The van der Waals surface area contributed by atoms with Gasteiger partial charge in [-0.3, -0.25) is 4.98 Å². The summed E-state index contributed by atoms with van der Waals surface area (Å²) in [5.74, 6) is 1.77. The van der Waals surface area contributed by atoms with Crippen LogP contribution in [0.1, 0.15) is 30.7 Å². The summed E-state index contributed by atoms with van der Waals surface area (Å²) in [6, 6.07) is 6.07. The van der Waals surface area contributed by atoms with Gasteiger partial charge >= 0.3 is 0 Å². The molecule has 2 rings (SSSR count). The molecule has 2 aromatic rings. The van der Waals surface area contributed by atoms with Crippen molar-refractivity contribution >= 4 is 0 Å². The predicted molar refractivity (Wildman–Crippen MR) is 74.2 cm³/mol. The number of nitrogens with one attached hydrogen (secondary N) is 1. The van der Waals surface area contributed by atoms with Gasteiger partial charge in [-0.05, 0) is 31.2 Å². The van der Waals surface area contributed by atoms with Gasteiger partial charge in [0.2, 0.25) is 0 Å². The molecule has 0 spiro atoms. The van der Waals surface area contributed by atoms with Crippen LogP contribution in [0.4, 0.5) is 0 Å². The van der Waals surface area contributed by atoms with Gasteiger partial charge in [0.15, 0.2) is 0 Å². The molecule has 4 heteroatoms. The lowest BCUT2D eigenvalue weighted by Gasteiger charge is -2.20. The van der Waals surface area contributed by atoms with Gasteiger partial charge < -0.3 is 14.5 Å². The average Bonchev–Trinajstić information content (AvgIpc) is 2.96. The maximum absolute atomic E-state index is 5.44. The standard InChI is InChI=1S/C15H20N2O2/c1-3-7-17-14(10-12-5-4-9-19-12)13-6-8-16-11-15(13)18-2/h4-6,8-9,11,14,17H,3,7,10H2,1-2H3. The van der Waals surface area contributed by atoms with Crippen LogP contribution in [0.15, 0.2) is 41.3 Å². The monoisotopic (exact) mass is 260 g/mol. The summed E-state index contributed by atoms with van der Waals surface area (Å²) in [6.07, 6.45) is 7.13. The Labute approximate surface area is 113 Å². The number of hydrogen-bond donors (Lipinski definition) is 1. The number of methoxy groups -OCH3 is 1. The Morgan fingerprint density at radius 2 is 2.32 bits per heavy atom. The first-order valence-electron chi connectivity index (χ1n) is 6.58. The van der Waals surface area contributed by atoms with Gasteiger partial charge in [-0.1, -0.05) is 6.92 Å². The number of aromatic nitrogens is 1. The Morgan fingerprint density at radius 1 is 1.42 bits per heavy atom. The smallest absolute Gasteiger partial charge is 0.141 e. The van der Waals surface area contributed by atoms with E-state index in [4.69, 9.17) is 9.15 Å². The summed E-state index contributed by atoms with van der Waals surface area (Å²) < 4.78 is 10.8. The van der Waals surface area contributed by atoms with Gasteiger partial charge in [-0.15, -0.1) is 0 Å². The van der Waals surface area contributed by atoms with Crippen molar-refractivity contribution in [1.82, 2.24) is 10.3 Å². The molecule has 0 aliphatic rings. The molecule has 0 aliphatic heterocycles. The third-order valence-corrected chi connectivity index (χ3v) is 3.04. The van der Waals surface area contributed by atoms with Crippen molar-refractivity contribution in [3.8, 4) is 5.75 Å². The van der Waals surface area contributed by atoms with Crippen LogP contribution in [0, 0.1) is 0 Å². The Bertz CT molecular complexity index is 483. The summed E-state index contributed by atoms with van der Waals surface area (Å²) in [5.41, 5.74) is 1.11. The number of furan rings is 1. The van der Waals surface area contributed by atoms with Gasteiger partial charge in [0, 0.05) is 24.2 Å². The minimum absolute atomic E-state index is 0.170. The second-order valence-corrected chi connectivity index (χ2v) is 4.41. The van der Waals surface area contributed by atoms with Crippen LogP contribution in [0.2, 0.25) is 0 Å². The van der Waals surface area contributed by atoms with E-state index in [1.165, 1.54) is 0 Å². The molecule has 0 bridgehead atoms. The number of pyridine rings is 1. The maximum Gasteiger partial charge on any atom is 0.141 e. The topological polar surface area (TPSA) is 47.3 Å². The summed E-state index contributed by atoms with van der Waals surface area (Å²) in [4.78, 5) is 4.10. The molecule has 19 heavy (non-hydrogen) atoms. The van der Waals surface area contributed by atoms with E-state index in [0.717, 1.165) is 36.5 Å². The van der Waals surface area contributed by atoms with Gasteiger partial charge in [-0.25, -0.2) is 0 Å². The van der Waals surface area contributed by atoms with Crippen molar-refractivity contribution in [3.63, 3.8) is 0 Å². The first-order valence-corrected chi connectivity index (χ1v) is 6.58. The van der Waals surface area contributed by atoms with Crippen molar-refractivity contribution in [2.24, 2.45) is 0 Å². The fourth-order valence-electron chi connectivity index (χ4n) is 2.09. The lowest BCUT2D eigenvalue weighted by Crippen LogP contribution is -2.24. The van der Waals surface area contributed by atoms with Crippen molar-refractivity contribution in [1.29, 1.82) is 0 Å². The number of rotatable bonds is 7. The van der Waals surface area contributed by atoms with E-state index in [-0.39, 0.29) is 6.04 Å². The highest BCUT2D eigenvalue weighted by atomic mass is 16.5. The highest BCUT2D eigenvalue weighted by molar-refractivity contribution is 5.33. The van der Waals surface area contributed by atoms with Crippen LogP contribution in [0.25, 0.3) is 0 Å². The van der Waals surface area contributed by atoms with Crippen molar-refractivity contribution in [2.75, 3.05) is 13.7 Å². The number of nitrogens with zero attached hydrogens (tertiary/aromatic N) is 1. The first kappa shape index (κ1) is 13.6. The molecule has 2 heterocycles. The summed E-state index contributed by atoms with van der Waals surface area (Å²) in [7, 11) is 1.67. The third-order valence-electron chi connectivity index (χ3n) is 3.04. The lowest BCUT2D eigenvalue weighted by atomic mass is 10.0. The minimum atomic E-state index is 0.170. The van der Waals surface area contributed by atoms with E-state index in [2.05, 4.69) is 17.2 Å². The highest BCUT2D eigenvalue weighted by Gasteiger charge is 2.17. The Morgan fingerprint density at radius 3 is 3.00 bits per heavy atom. The zero-order chi connectivity index (χ0) is 13.5. The lowest BCUT2D eigenvalue weighted by molar-refractivity contribution is 0.389. The molecule has 0 saturated heterocycles. The zero-order valence-corrected chi connectivity index (χ0v) is 11.4. The summed E-state index contributed by atoms with van der Waals surface area (Å²) >= 11 is 0. The van der Waals surface area contributed by atoms with Crippen molar-refractivity contribution in [2.45, 2.75) is 25.8 Å². The Balaban J connectivity index is 2.20. The molecular formula is C15H20N2O2. The summed E-state index contributed by atoms with van der Waals surface area (Å²) in [5, 5.41) is 3.53. The molecule has 0 amide bonds. The van der Waals surface area contributed by atoms with Gasteiger partial charge in [-0.2, -0.15) is 0 Å². The second-order valence-electron chi connectivity index (χ2n) is 4.41. The molecule has 1 N–H and O–H groups in total. The van der Waals surface area contributed by atoms with Crippen LogP contribution >= 0.6 is 0 Å². The second kappa shape index (κ2) is 6.95. The molecule has 4 nitrogen and oxygen atoms in total. The molecule has 0 aliphatic carbocycles. The van der Waals surface area contributed by atoms with Gasteiger partial charge in [0.05, 0.1) is 19.6 Å². The zero-order valence-electron chi connectivity index (χ0n) is 11.4. The first-order chi connectivity index (χ1) is 9.35. The van der Waals surface area contributed by atoms with Crippen LogP contribution in [0.5, 0.6) is 5.75 Å². The maximum atomic E-state index is 5.44. The normalized spacial score (nSPS) is 12.3. The SMILES string of the molecule is CCCNC(Cc1ccco1)c1ccncc1OC. The quantitative estimate of drug-likeness (QED) is 0.831. The highest BCUT2D eigenvalue weighted by Crippen LogP contribution is 2.26. The molecule has 0 saturated carbocycles. The van der Waals surface area contributed by atoms with E-state index >= 15 is 0 Å². The molecule has 0 aromatic carbocycles. The Hall–Kier alpha value is -1.81. The van der Waals surface area contributed by atoms with E-state index in [9.17, 15) is 0 Å². The molecule has 1 unspecified atom stereocenters. The fourth-order valence-corrected chi connectivity index (χ4v) is 2.09. The van der Waals surface area contributed by atoms with Crippen LogP contribution < -0.4 is 10.1 Å². The Kier molecular flexibility index (Phi) is 4.98. The van der Waals surface area contributed by atoms with E-state index in [1.54, 1.807) is 25.8 Å². The molecule has 1 atom stereocenters. The molecule has 2 aromatic heterocycles. The molecule has 0 fully saturated rings. The third kappa shape index (κ3) is 3.58.